The summed E-state index contributed by atoms with van der Waals surface area (Å²) in [6.07, 6.45) is 3.89. The van der Waals surface area contributed by atoms with Crippen LogP contribution >= 0.6 is 0 Å². The standard InChI is InChI=1S/C9H9N3O5S.Na.H/c1-6-3-10-9-11-8(18(14,15)16)5-12(9,4-6)17-7(2)13;;/h3-5H,1-2H3;;/p+1. The summed E-state index contributed by atoms with van der Waals surface area (Å²) in [5.74, 6) is -0.708. The number of aliphatic imine (C=N–C) groups is 2. The van der Waals surface area contributed by atoms with Gasteiger partial charge in [-0.2, -0.15) is 18.4 Å². The average molecular weight is 296 g/mol. The molecule has 8 nitrogen and oxygen atoms in total. The van der Waals surface area contributed by atoms with E-state index in [4.69, 9.17) is 9.39 Å². The summed E-state index contributed by atoms with van der Waals surface area (Å²) < 4.78 is 30.3. The second-order valence-corrected chi connectivity index (χ2v) is 5.15. The number of hydrogen-bond acceptors (Lipinski definition) is 6. The molecule has 0 radical (unpaired) electrons. The van der Waals surface area contributed by atoms with Gasteiger partial charge in [-0.15, -0.1) is 0 Å². The van der Waals surface area contributed by atoms with E-state index in [1.165, 1.54) is 19.3 Å². The molecule has 2 heterocycles. The van der Waals surface area contributed by atoms with E-state index in [0.717, 1.165) is 6.20 Å². The maximum absolute atomic E-state index is 11.1. The summed E-state index contributed by atoms with van der Waals surface area (Å²) in [6, 6.07) is 0. The van der Waals surface area contributed by atoms with Gasteiger partial charge in [0.1, 0.15) is 0 Å². The average Bonchev–Trinajstić information content (AvgIpc) is 2.53. The Balaban J connectivity index is 0.00000180. The minimum atomic E-state index is -4.49. The summed E-state index contributed by atoms with van der Waals surface area (Å²) >= 11 is 0. The molecule has 0 fully saturated rings. The number of fused-ring (bicyclic) bond motifs is 1. The van der Waals surface area contributed by atoms with Crippen molar-refractivity contribution in [2.75, 3.05) is 0 Å². The topological polar surface area (TPSA) is 105 Å². The molecule has 0 amide bonds. The molecule has 0 saturated carbocycles. The van der Waals surface area contributed by atoms with Crippen molar-refractivity contribution in [2.24, 2.45) is 9.98 Å². The molecule has 1 atom stereocenters. The van der Waals surface area contributed by atoms with Crippen molar-refractivity contribution in [1.82, 2.24) is 0 Å². The van der Waals surface area contributed by atoms with E-state index in [9.17, 15) is 13.2 Å². The van der Waals surface area contributed by atoms with Gasteiger partial charge in [-0.25, -0.2) is 4.79 Å². The zero-order valence-electron chi connectivity index (χ0n) is 9.56. The zero-order valence-corrected chi connectivity index (χ0v) is 10.4. The van der Waals surface area contributed by atoms with Crippen molar-refractivity contribution >= 4 is 57.8 Å². The van der Waals surface area contributed by atoms with E-state index in [2.05, 4.69) is 9.98 Å². The van der Waals surface area contributed by atoms with Gasteiger partial charge in [-0.05, 0) is 11.6 Å². The summed E-state index contributed by atoms with van der Waals surface area (Å²) in [7, 11) is -4.49. The molecule has 2 rings (SSSR count). The summed E-state index contributed by atoms with van der Waals surface area (Å²) in [4.78, 5) is 23.6. The second-order valence-electron chi connectivity index (χ2n) is 3.78. The van der Waals surface area contributed by atoms with Crippen molar-refractivity contribution in [1.29, 1.82) is 0 Å². The molecule has 0 aromatic heterocycles. The van der Waals surface area contributed by atoms with Crippen molar-refractivity contribution in [3.63, 3.8) is 0 Å². The van der Waals surface area contributed by atoms with Crippen LogP contribution in [0.25, 0.3) is 0 Å². The number of carbonyl (C=O) groups excluding carboxylic acids is 1. The molecule has 0 spiro atoms. The van der Waals surface area contributed by atoms with Gasteiger partial charge in [0.25, 0.3) is 0 Å². The van der Waals surface area contributed by atoms with Gasteiger partial charge in [-0.1, -0.05) is 0 Å². The molecule has 98 valence electrons. The van der Waals surface area contributed by atoms with E-state index in [0.29, 0.717) is 5.57 Å². The van der Waals surface area contributed by atoms with Crippen LogP contribution in [0.5, 0.6) is 0 Å². The second kappa shape index (κ2) is 5.27. The molecule has 2 aliphatic heterocycles. The number of quaternary nitrogens is 1. The first kappa shape index (κ1) is 16.2. The number of rotatable bonds is 2. The molecule has 1 unspecified atom stereocenters. The third kappa shape index (κ3) is 3.19. The Morgan fingerprint density at radius 2 is 2.05 bits per heavy atom. The predicted octanol–water partition coefficient (Wildman–Crippen LogP) is -0.323. The van der Waals surface area contributed by atoms with Crippen LogP contribution in [0.1, 0.15) is 13.8 Å². The first-order valence-corrected chi connectivity index (χ1v) is 6.29. The predicted molar refractivity (Wildman–Crippen MR) is 68.5 cm³/mol. The van der Waals surface area contributed by atoms with Crippen molar-refractivity contribution in [3.05, 3.63) is 23.0 Å². The van der Waals surface area contributed by atoms with E-state index < -0.39 is 25.8 Å². The fraction of sp³-hybridized carbons (Fsp3) is 0.222. The maximum atomic E-state index is 11.1. The Morgan fingerprint density at radius 1 is 1.42 bits per heavy atom. The van der Waals surface area contributed by atoms with Gasteiger partial charge in [0.15, 0.2) is 12.4 Å². The normalized spacial score (nSPS) is 24.7. The van der Waals surface area contributed by atoms with E-state index in [1.807, 2.05) is 0 Å². The van der Waals surface area contributed by atoms with Gasteiger partial charge in [0.05, 0.1) is 0 Å². The van der Waals surface area contributed by atoms with Gasteiger partial charge in [-0.3, -0.25) is 9.39 Å². The fourth-order valence-electron chi connectivity index (χ4n) is 1.57. The van der Waals surface area contributed by atoms with Crippen LogP contribution in [0.15, 0.2) is 33.0 Å². The molecule has 2 aliphatic rings. The van der Waals surface area contributed by atoms with E-state index >= 15 is 0 Å². The van der Waals surface area contributed by atoms with Crippen LogP contribution in [0, 0.1) is 0 Å². The molecule has 0 bridgehead atoms. The molecular weight excluding hydrogens is 285 g/mol. The third-order valence-corrected chi connectivity index (χ3v) is 2.87. The molecule has 0 aromatic rings. The number of guanidine groups is 1. The summed E-state index contributed by atoms with van der Waals surface area (Å²) in [5, 5.41) is -0.609. The zero-order chi connectivity index (χ0) is 13.6. The first-order valence-electron chi connectivity index (χ1n) is 4.85. The van der Waals surface area contributed by atoms with Crippen LogP contribution in [0.3, 0.4) is 0 Å². The van der Waals surface area contributed by atoms with Crippen molar-refractivity contribution in [3.8, 4) is 0 Å². The number of carbonyl (C=O) groups is 1. The van der Waals surface area contributed by atoms with Crippen LogP contribution in [-0.2, 0) is 19.8 Å². The molecule has 0 aromatic carbocycles. The quantitative estimate of drug-likeness (QED) is 0.427. The molecule has 1 N–H and O–H groups in total. The monoisotopic (exact) mass is 296 g/mol. The van der Waals surface area contributed by atoms with Gasteiger partial charge < -0.3 is 0 Å². The summed E-state index contributed by atoms with van der Waals surface area (Å²) in [5.41, 5.74) is 0.656. The third-order valence-electron chi connectivity index (χ3n) is 2.15. The molecule has 0 saturated heterocycles. The molecular formula is C9H11N3NaO5S+. The van der Waals surface area contributed by atoms with Gasteiger partial charge >= 0.3 is 51.6 Å². The SMILES string of the molecule is CC(=O)O[N+]12C=C(C)C=NC1=NC(S(=O)(=O)O)=C2.[NaH]. The van der Waals surface area contributed by atoms with Crippen molar-refractivity contribution in [2.45, 2.75) is 13.8 Å². The van der Waals surface area contributed by atoms with E-state index in [1.54, 1.807) is 6.92 Å². The fourth-order valence-corrected chi connectivity index (χ4v) is 2.05. The number of hydrogen-bond donors (Lipinski definition) is 1. The van der Waals surface area contributed by atoms with Crippen LogP contribution in [0.4, 0.5) is 0 Å². The van der Waals surface area contributed by atoms with Gasteiger partial charge in [0.2, 0.25) is 5.03 Å². The Bertz CT molecular complexity index is 649. The number of allylic oxidation sites excluding steroid dienone is 1. The molecule has 0 aliphatic carbocycles. The van der Waals surface area contributed by atoms with Gasteiger partial charge in [0, 0.05) is 18.7 Å². The first-order chi connectivity index (χ1) is 8.23. The Kier molecular flexibility index (Phi) is 4.50. The number of hydroxylamine groups is 3. The molecule has 19 heavy (non-hydrogen) atoms. The van der Waals surface area contributed by atoms with Crippen molar-refractivity contribution < 1.29 is 27.2 Å². The van der Waals surface area contributed by atoms with Crippen LogP contribution in [-0.4, -0.2) is 65.3 Å². The minimum absolute atomic E-state index is 0. The molecule has 10 heteroatoms. The Hall–Kier alpha value is -0.840. The van der Waals surface area contributed by atoms with E-state index in [-0.39, 0.29) is 35.5 Å². The summed E-state index contributed by atoms with van der Waals surface area (Å²) in [6.45, 7) is 2.87. The number of nitrogens with zero attached hydrogens (tertiary/aromatic N) is 3. The van der Waals surface area contributed by atoms with Crippen LogP contribution < -0.4 is 0 Å². The Morgan fingerprint density at radius 3 is 2.58 bits per heavy atom. The van der Waals surface area contributed by atoms with Crippen LogP contribution in [0.2, 0.25) is 0 Å². The Labute approximate surface area is 131 Å².